The van der Waals surface area contributed by atoms with E-state index in [1.54, 1.807) is 18.2 Å². The summed E-state index contributed by atoms with van der Waals surface area (Å²) in [5, 5.41) is 0. The first-order valence-electron chi connectivity index (χ1n) is 15.1. The Bertz CT molecular complexity index is 894. The first-order chi connectivity index (χ1) is 18.4. The molecule has 212 valence electrons. The zero-order valence-corrected chi connectivity index (χ0v) is 25.6. The van der Waals surface area contributed by atoms with Crippen LogP contribution in [0, 0.1) is 0 Å². The lowest BCUT2D eigenvalue weighted by Crippen LogP contribution is -2.24. The van der Waals surface area contributed by atoms with Gasteiger partial charge < -0.3 is 14.2 Å². The zero-order chi connectivity index (χ0) is 27.5. The maximum Gasteiger partial charge on any atom is 0.343 e. The fourth-order valence-electron chi connectivity index (χ4n) is 4.59. The van der Waals surface area contributed by atoms with E-state index in [4.69, 9.17) is 14.2 Å². The number of hydrogen-bond acceptors (Lipinski definition) is 4. The van der Waals surface area contributed by atoms with Gasteiger partial charge in [-0.15, -0.1) is 0 Å². The van der Waals surface area contributed by atoms with E-state index in [0.717, 1.165) is 18.6 Å². The summed E-state index contributed by atoms with van der Waals surface area (Å²) in [4.78, 5) is 12.8. The lowest BCUT2D eigenvalue weighted by atomic mass is 10.1. The van der Waals surface area contributed by atoms with Crippen molar-refractivity contribution in [3.8, 4) is 17.2 Å². The predicted octanol–water partition coefficient (Wildman–Crippen LogP) is 10.1. The first-order valence-corrected chi connectivity index (χ1v) is 18.5. The molecule has 0 unspecified atom stereocenters. The number of unbranched alkanes of at least 4 members (excludes halogenated alkanes) is 9. The van der Waals surface area contributed by atoms with E-state index in [1.807, 2.05) is 30.3 Å². The summed E-state index contributed by atoms with van der Waals surface area (Å²) in [5.74, 6) is 1.48. The van der Waals surface area contributed by atoms with Gasteiger partial charge in [0.15, 0.2) is 11.5 Å². The van der Waals surface area contributed by atoms with Crippen molar-refractivity contribution in [2.45, 2.75) is 116 Å². The molecular weight excluding hydrogens is 488 g/mol. The standard InChI is InChI=1S/C33H52O4Si/c1-5-7-9-10-11-12-13-16-25-35-30-23-21-29(22-24-30)33(34)37-32-20-15-14-19-31(32)36-26-17-18-28-38(3,4)27-8-6-2/h14-15,19-24H,5-13,16-18,25-28H2,1-4H3. The van der Waals surface area contributed by atoms with Gasteiger partial charge >= 0.3 is 5.97 Å². The Morgan fingerprint density at radius 1 is 0.632 bits per heavy atom. The van der Waals surface area contributed by atoms with Crippen LogP contribution >= 0.6 is 0 Å². The van der Waals surface area contributed by atoms with Crippen LogP contribution in [0.15, 0.2) is 48.5 Å². The summed E-state index contributed by atoms with van der Waals surface area (Å²) in [5.41, 5.74) is 0.499. The van der Waals surface area contributed by atoms with Gasteiger partial charge in [0.1, 0.15) is 5.75 Å². The summed E-state index contributed by atoms with van der Waals surface area (Å²) < 4.78 is 17.6. The van der Waals surface area contributed by atoms with Gasteiger partial charge in [-0.1, -0.05) is 115 Å². The van der Waals surface area contributed by atoms with E-state index < -0.39 is 8.07 Å². The zero-order valence-electron chi connectivity index (χ0n) is 24.6. The minimum atomic E-state index is -1.08. The van der Waals surface area contributed by atoms with Crippen molar-refractivity contribution in [1.29, 1.82) is 0 Å². The van der Waals surface area contributed by atoms with Gasteiger partial charge in [-0.25, -0.2) is 4.79 Å². The second kappa shape index (κ2) is 18.9. The van der Waals surface area contributed by atoms with Gasteiger partial charge in [-0.05, 0) is 49.2 Å². The fraction of sp³-hybridized carbons (Fsp3) is 0.606. The van der Waals surface area contributed by atoms with Crippen LogP contribution in [-0.2, 0) is 0 Å². The Kier molecular flexibility index (Phi) is 15.9. The molecule has 2 aromatic carbocycles. The molecule has 0 bridgehead atoms. The molecule has 0 amide bonds. The number of ether oxygens (including phenoxy) is 3. The van der Waals surface area contributed by atoms with Gasteiger partial charge in [0, 0.05) is 8.07 Å². The lowest BCUT2D eigenvalue weighted by Gasteiger charge is -2.22. The molecule has 4 nitrogen and oxygen atoms in total. The topological polar surface area (TPSA) is 44.8 Å². The van der Waals surface area contributed by atoms with E-state index in [0.29, 0.717) is 30.3 Å². The Morgan fingerprint density at radius 2 is 1.18 bits per heavy atom. The van der Waals surface area contributed by atoms with Crippen molar-refractivity contribution in [3.05, 3.63) is 54.1 Å². The fourth-order valence-corrected chi connectivity index (χ4v) is 7.36. The largest absolute Gasteiger partial charge is 0.494 e. The third kappa shape index (κ3) is 13.5. The minimum absolute atomic E-state index is 0.389. The molecular formula is C33H52O4Si. The molecule has 0 aliphatic carbocycles. The number of benzene rings is 2. The Hall–Kier alpha value is -2.27. The van der Waals surface area contributed by atoms with E-state index in [9.17, 15) is 4.79 Å². The molecule has 0 saturated heterocycles. The van der Waals surface area contributed by atoms with Crippen LogP contribution in [0.4, 0.5) is 0 Å². The van der Waals surface area contributed by atoms with Crippen LogP contribution < -0.4 is 14.2 Å². The molecule has 0 radical (unpaired) electrons. The average Bonchev–Trinajstić information content (AvgIpc) is 2.92. The monoisotopic (exact) mass is 540 g/mol. The van der Waals surface area contributed by atoms with Crippen LogP contribution in [0.1, 0.15) is 101 Å². The third-order valence-electron chi connectivity index (χ3n) is 7.12. The summed E-state index contributed by atoms with van der Waals surface area (Å²) in [7, 11) is -1.08. The summed E-state index contributed by atoms with van der Waals surface area (Å²) in [6, 6.07) is 17.4. The van der Waals surface area contributed by atoms with Crippen LogP contribution in [0.25, 0.3) is 0 Å². The highest BCUT2D eigenvalue weighted by molar-refractivity contribution is 6.77. The predicted molar refractivity (Wildman–Crippen MR) is 163 cm³/mol. The second-order valence-corrected chi connectivity index (χ2v) is 16.6. The highest BCUT2D eigenvalue weighted by atomic mass is 28.3. The molecule has 38 heavy (non-hydrogen) atoms. The summed E-state index contributed by atoms with van der Waals surface area (Å²) >= 11 is 0. The maximum atomic E-state index is 12.8. The minimum Gasteiger partial charge on any atom is -0.494 e. The molecule has 0 spiro atoms. The number of rotatable bonds is 21. The van der Waals surface area contributed by atoms with Gasteiger partial charge in [0.25, 0.3) is 0 Å². The van der Waals surface area contributed by atoms with Crippen LogP contribution in [0.5, 0.6) is 17.2 Å². The Balaban J connectivity index is 1.71. The molecule has 0 fully saturated rings. The van der Waals surface area contributed by atoms with Gasteiger partial charge in [-0.2, -0.15) is 0 Å². The number of hydrogen-bond donors (Lipinski definition) is 0. The van der Waals surface area contributed by atoms with Gasteiger partial charge in [0.05, 0.1) is 18.8 Å². The van der Waals surface area contributed by atoms with Crippen molar-refractivity contribution in [3.63, 3.8) is 0 Å². The van der Waals surface area contributed by atoms with Crippen molar-refractivity contribution in [1.82, 2.24) is 0 Å². The summed E-state index contributed by atoms with van der Waals surface area (Å²) in [6.07, 6.45) is 15.1. The molecule has 0 aromatic heterocycles. The van der Waals surface area contributed by atoms with Crippen molar-refractivity contribution < 1.29 is 19.0 Å². The van der Waals surface area contributed by atoms with E-state index >= 15 is 0 Å². The van der Waals surface area contributed by atoms with Crippen LogP contribution in [0.2, 0.25) is 25.2 Å². The highest BCUT2D eigenvalue weighted by Gasteiger charge is 2.19. The van der Waals surface area contributed by atoms with E-state index in [2.05, 4.69) is 26.9 Å². The molecule has 0 heterocycles. The molecule has 0 aliphatic rings. The Morgan fingerprint density at radius 3 is 1.87 bits per heavy atom. The van der Waals surface area contributed by atoms with Crippen molar-refractivity contribution >= 4 is 14.0 Å². The third-order valence-corrected chi connectivity index (χ3v) is 10.5. The molecule has 2 aromatic rings. The van der Waals surface area contributed by atoms with Crippen LogP contribution in [0.3, 0.4) is 0 Å². The highest BCUT2D eigenvalue weighted by Crippen LogP contribution is 2.28. The molecule has 0 aliphatic heterocycles. The van der Waals surface area contributed by atoms with E-state index in [-0.39, 0.29) is 5.97 Å². The first kappa shape index (κ1) is 31.9. The van der Waals surface area contributed by atoms with Gasteiger partial charge in [0.2, 0.25) is 0 Å². The number of carbonyl (C=O) groups is 1. The van der Waals surface area contributed by atoms with Crippen molar-refractivity contribution in [2.75, 3.05) is 13.2 Å². The van der Waals surface area contributed by atoms with Crippen LogP contribution in [-0.4, -0.2) is 27.3 Å². The van der Waals surface area contributed by atoms with E-state index in [1.165, 1.54) is 76.3 Å². The maximum absolute atomic E-state index is 12.8. The smallest absolute Gasteiger partial charge is 0.343 e. The molecule has 0 N–H and O–H groups in total. The quantitative estimate of drug-likeness (QED) is 0.0684. The number of esters is 1. The lowest BCUT2D eigenvalue weighted by molar-refractivity contribution is 0.0728. The van der Waals surface area contributed by atoms with Gasteiger partial charge in [-0.3, -0.25) is 0 Å². The normalized spacial score (nSPS) is 11.4. The summed E-state index contributed by atoms with van der Waals surface area (Å²) in [6.45, 7) is 10.9. The average molecular weight is 541 g/mol. The molecule has 0 atom stereocenters. The SMILES string of the molecule is CCCCCCCCCCOc1ccc(C(=O)Oc2ccccc2OCCCC[Si](C)(C)CCCC)cc1. The van der Waals surface area contributed by atoms with Crippen molar-refractivity contribution in [2.24, 2.45) is 0 Å². The molecule has 2 rings (SSSR count). The Labute approximate surface area is 233 Å². The molecule has 5 heteroatoms. The molecule has 0 saturated carbocycles. The second-order valence-electron chi connectivity index (χ2n) is 11.3. The number of carbonyl (C=O) groups excluding carboxylic acids is 1. The number of para-hydroxylation sites is 2.